The van der Waals surface area contributed by atoms with Crippen LogP contribution in [0.3, 0.4) is 0 Å². The third kappa shape index (κ3) is 6.34. The van der Waals surface area contributed by atoms with Crippen LogP contribution >= 0.6 is 23.2 Å². The maximum Gasteiger partial charge on any atom is 0.323 e. The van der Waals surface area contributed by atoms with Gasteiger partial charge in [-0.15, -0.1) is 0 Å². The van der Waals surface area contributed by atoms with E-state index in [0.29, 0.717) is 68.5 Å². The van der Waals surface area contributed by atoms with Crippen LogP contribution in [-0.4, -0.2) is 53.9 Å². The van der Waals surface area contributed by atoms with Gasteiger partial charge in [0.1, 0.15) is 6.04 Å². The molecular weight excluding hydrogens is 594 g/mol. The summed E-state index contributed by atoms with van der Waals surface area (Å²) in [4.78, 5) is 34.2. The number of aromatic nitrogens is 2. The average Bonchev–Trinajstić information content (AvgIpc) is 3.03. The van der Waals surface area contributed by atoms with E-state index in [4.69, 9.17) is 32.7 Å². The number of halogens is 3. The van der Waals surface area contributed by atoms with E-state index in [1.54, 1.807) is 30.3 Å². The molecular formula is C32H29Cl2FN4O4. The second-order valence-corrected chi connectivity index (χ2v) is 10.8. The molecule has 3 heterocycles. The van der Waals surface area contributed by atoms with Crippen LogP contribution < -0.4 is 10.1 Å². The van der Waals surface area contributed by atoms with Crippen molar-refractivity contribution in [3.05, 3.63) is 87.8 Å². The molecule has 0 saturated carbocycles. The molecule has 2 aromatic heterocycles. The van der Waals surface area contributed by atoms with Gasteiger partial charge in [-0.25, -0.2) is 14.4 Å². The van der Waals surface area contributed by atoms with Crippen LogP contribution in [0, 0.1) is 5.82 Å². The molecule has 0 spiro atoms. The molecule has 4 aromatic rings. The molecule has 0 radical (unpaired) electrons. The summed E-state index contributed by atoms with van der Waals surface area (Å²) in [6, 6.07) is 15.3. The summed E-state index contributed by atoms with van der Waals surface area (Å²) in [6.07, 6.45) is 4.70. The minimum absolute atomic E-state index is 0.00888. The Morgan fingerprint density at radius 1 is 1.05 bits per heavy atom. The molecule has 2 aromatic carbocycles. The van der Waals surface area contributed by atoms with Crippen molar-refractivity contribution in [1.82, 2.24) is 14.9 Å². The summed E-state index contributed by atoms with van der Waals surface area (Å²) in [6.45, 7) is 0.910. The molecule has 1 aliphatic rings. The van der Waals surface area contributed by atoms with Crippen LogP contribution in [0.15, 0.2) is 60.8 Å². The first-order chi connectivity index (χ1) is 20.9. The molecule has 0 aliphatic carbocycles. The maximum absolute atomic E-state index is 15.7. The number of pyridine rings is 2. The molecule has 43 heavy (non-hydrogen) atoms. The number of esters is 1. The van der Waals surface area contributed by atoms with Gasteiger partial charge in [-0.1, -0.05) is 60.0 Å². The molecule has 8 nitrogen and oxygen atoms in total. The highest BCUT2D eigenvalue weighted by Gasteiger charge is 2.30. The summed E-state index contributed by atoms with van der Waals surface area (Å²) in [7, 11) is 2.81. The Morgan fingerprint density at radius 2 is 1.79 bits per heavy atom. The summed E-state index contributed by atoms with van der Waals surface area (Å²) >= 11 is 13.7. The van der Waals surface area contributed by atoms with Crippen LogP contribution in [0.25, 0.3) is 22.4 Å². The standard InChI is InChI=1S/C32H29Cl2FN4O4/c1-42-31-20(18-40)12-13-24(38-31)23-9-5-7-21(27(23)33)22-8-6-10-25(28(22)34)37-30-29(35)19(14-15-36-30)17-39-16-4-3-11-26(39)32(41)43-2/h5-10,12-15,18,26H,3-4,11,16-17H2,1-2H3,(H,36,37). The third-order valence-electron chi connectivity index (χ3n) is 7.46. The highest BCUT2D eigenvalue weighted by Crippen LogP contribution is 2.42. The van der Waals surface area contributed by atoms with Crippen LogP contribution in [0.2, 0.25) is 10.0 Å². The van der Waals surface area contributed by atoms with E-state index in [2.05, 4.69) is 15.3 Å². The van der Waals surface area contributed by atoms with Gasteiger partial charge in [-0.3, -0.25) is 14.5 Å². The first kappa shape index (κ1) is 30.4. The largest absolute Gasteiger partial charge is 0.480 e. The van der Waals surface area contributed by atoms with Crippen molar-refractivity contribution in [1.29, 1.82) is 0 Å². The first-order valence-corrected chi connectivity index (χ1v) is 14.4. The van der Waals surface area contributed by atoms with Gasteiger partial charge in [-0.2, -0.15) is 0 Å². The van der Waals surface area contributed by atoms with Crippen molar-refractivity contribution in [2.45, 2.75) is 31.8 Å². The number of carbonyl (C=O) groups is 2. The van der Waals surface area contributed by atoms with Crippen molar-refractivity contribution < 1.29 is 23.5 Å². The molecule has 1 atom stereocenters. The topological polar surface area (TPSA) is 93.7 Å². The van der Waals surface area contributed by atoms with Gasteiger partial charge in [0, 0.05) is 35.0 Å². The van der Waals surface area contributed by atoms with Crippen molar-refractivity contribution in [3.63, 3.8) is 0 Å². The number of ether oxygens (including phenoxy) is 2. The van der Waals surface area contributed by atoms with E-state index >= 15 is 4.39 Å². The Hall–Kier alpha value is -4.05. The van der Waals surface area contributed by atoms with Gasteiger partial charge in [-0.05, 0) is 43.7 Å². The van der Waals surface area contributed by atoms with E-state index in [1.165, 1.54) is 20.4 Å². The number of benzene rings is 2. The van der Waals surface area contributed by atoms with Crippen LogP contribution in [-0.2, 0) is 16.1 Å². The zero-order chi connectivity index (χ0) is 30.5. The van der Waals surface area contributed by atoms with Gasteiger partial charge in [0.15, 0.2) is 17.9 Å². The zero-order valence-electron chi connectivity index (χ0n) is 23.6. The summed E-state index contributed by atoms with van der Waals surface area (Å²) in [5.41, 5.74) is 3.54. The molecule has 1 aliphatic heterocycles. The van der Waals surface area contributed by atoms with Gasteiger partial charge >= 0.3 is 5.97 Å². The van der Waals surface area contributed by atoms with Gasteiger partial charge in [0.2, 0.25) is 5.88 Å². The lowest BCUT2D eigenvalue weighted by Crippen LogP contribution is -2.44. The fourth-order valence-corrected chi connectivity index (χ4v) is 5.85. The van der Waals surface area contributed by atoms with Crippen molar-refractivity contribution >= 4 is 47.0 Å². The number of rotatable bonds is 9. The predicted octanol–water partition coefficient (Wildman–Crippen LogP) is 7.35. The molecule has 1 fully saturated rings. The summed E-state index contributed by atoms with van der Waals surface area (Å²) in [5.74, 6) is -0.644. The first-order valence-electron chi connectivity index (χ1n) is 13.7. The highest BCUT2D eigenvalue weighted by molar-refractivity contribution is 6.39. The second kappa shape index (κ2) is 13.5. The maximum atomic E-state index is 15.7. The molecule has 1 saturated heterocycles. The molecule has 1 N–H and O–H groups in total. The number of hydrogen-bond donors (Lipinski definition) is 1. The second-order valence-electron chi connectivity index (χ2n) is 10.0. The van der Waals surface area contributed by atoms with Crippen LogP contribution in [0.4, 0.5) is 15.9 Å². The minimum Gasteiger partial charge on any atom is -0.480 e. The number of likely N-dealkylation sites (tertiary alicyclic amines) is 1. The molecule has 11 heteroatoms. The van der Waals surface area contributed by atoms with Crippen molar-refractivity contribution in [2.24, 2.45) is 0 Å². The van der Waals surface area contributed by atoms with E-state index in [1.807, 2.05) is 29.2 Å². The number of nitrogens with one attached hydrogen (secondary N) is 1. The van der Waals surface area contributed by atoms with Crippen molar-refractivity contribution in [3.8, 4) is 28.3 Å². The monoisotopic (exact) mass is 622 g/mol. The fourth-order valence-electron chi connectivity index (χ4n) is 5.25. The molecule has 0 amide bonds. The fraction of sp³-hybridized carbons (Fsp3) is 0.250. The SMILES string of the molecule is COC(=O)C1CCCCN1Cc1ccnc(Nc2cccc(-c3cccc(-c4ccc(C=O)c(OC)n4)c3Cl)c2Cl)c1F. The van der Waals surface area contributed by atoms with E-state index in [9.17, 15) is 9.59 Å². The van der Waals surface area contributed by atoms with E-state index in [-0.39, 0.29) is 24.2 Å². The molecule has 222 valence electrons. The van der Waals surface area contributed by atoms with E-state index in [0.717, 1.165) is 12.8 Å². The Kier molecular flexibility index (Phi) is 9.55. The Balaban J connectivity index is 1.44. The lowest BCUT2D eigenvalue weighted by molar-refractivity contribution is -0.148. The van der Waals surface area contributed by atoms with Crippen LogP contribution in [0.5, 0.6) is 5.88 Å². The zero-order valence-corrected chi connectivity index (χ0v) is 25.1. The number of nitrogens with zero attached hydrogens (tertiary/aromatic N) is 3. The summed E-state index contributed by atoms with van der Waals surface area (Å²) < 4.78 is 25.9. The molecule has 0 bridgehead atoms. The van der Waals surface area contributed by atoms with Crippen LogP contribution in [0.1, 0.15) is 35.2 Å². The third-order valence-corrected chi connectivity index (χ3v) is 8.27. The normalized spacial score (nSPS) is 15.1. The number of hydrogen-bond acceptors (Lipinski definition) is 8. The number of piperidine rings is 1. The molecule has 5 rings (SSSR count). The summed E-state index contributed by atoms with van der Waals surface area (Å²) in [5, 5.41) is 3.74. The van der Waals surface area contributed by atoms with Crippen molar-refractivity contribution in [2.75, 3.05) is 26.1 Å². The Morgan fingerprint density at radius 3 is 2.53 bits per heavy atom. The number of methoxy groups -OCH3 is 2. The smallest absolute Gasteiger partial charge is 0.323 e. The van der Waals surface area contributed by atoms with Gasteiger partial charge < -0.3 is 14.8 Å². The average molecular weight is 624 g/mol. The van der Waals surface area contributed by atoms with E-state index < -0.39 is 11.9 Å². The predicted molar refractivity (Wildman–Crippen MR) is 165 cm³/mol. The van der Waals surface area contributed by atoms with Gasteiger partial charge in [0.25, 0.3) is 0 Å². The minimum atomic E-state index is -0.531. The highest BCUT2D eigenvalue weighted by atomic mass is 35.5. The number of carbonyl (C=O) groups excluding carboxylic acids is 2. The van der Waals surface area contributed by atoms with Gasteiger partial charge in [0.05, 0.1) is 41.2 Å². The number of aldehydes is 1. The Labute approximate surface area is 258 Å². The number of anilines is 2. The Bertz CT molecular complexity index is 1670. The lowest BCUT2D eigenvalue weighted by Gasteiger charge is -2.33. The molecule has 1 unspecified atom stereocenters. The lowest BCUT2D eigenvalue weighted by atomic mass is 10.00. The quantitative estimate of drug-likeness (QED) is 0.153.